The number of rotatable bonds is 24. The Kier molecular flexibility index (Phi) is 36.6. The standard InChI is InChI=1S/4C15H16Cl3N3O2.Cu/c4*1-2-4-20(15(22)21-5-3-19-10-21)6-7-23-14-12(17)8-11(16)9-13(14)18;/h4*3,5,8-10H,2,4,6-7H2,1H3;/q;;;;+2. The Hall–Kier alpha value is -5.20. The molecular formula is C60H64Cl12CuN12O8+2. The number of hydrogen-bond acceptors (Lipinski definition) is 12. The molecule has 8 rings (SSSR count). The number of carbonyl (C=O) groups excluding carboxylic acids is 4. The van der Waals surface area contributed by atoms with Crippen molar-refractivity contribution in [1.29, 1.82) is 0 Å². The predicted octanol–water partition coefficient (Wildman–Crippen LogP) is 18.4. The zero-order valence-electron chi connectivity index (χ0n) is 50.3. The van der Waals surface area contributed by atoms with Gasteiger partial charge >= 0.3 is 41.2 Å². The van der Waals surface area contributed by atoms with Crippen molar-refractivity contribution in [3.05, 3.63) is 184 Å². The molecule has 0 aliphatic rings. The van der Waals surface area contributed by atoms with Crippen LogP contribution in [0, 0.1) is 0 Å². The zero-order valence-corrected chi connectivity index (χ0v) is 60.3. The molecule has 0 bridgehead atoms. The van der Waals surface area contributed by atoms with Crippen LogP contribution >= 0.6 is 139 Å². The van der Waals surface area contributed by atoms with E-state index in [4.69, 9.17) is 158 Å². The molecule has 4 aromatic heterocycles. The second-order valence-electron chi connectivity index (χ2n) is 19.1. The van der Waals surface area contributed by atoms with E-state index >= 15 is 0 Å². The molecular weight excluding hydrogens is 1510 g/mol. The summed E-state index contributed by atoms with van der Waals surface area (Å²) in [5.41, 5.74) is 0. The van der Waals surface area contributed by atoms with Crippen LogP contribution in [0.1, 0.15) is 53.4 Å². The Labute approximate surface area is 610 Å². The molecule has 0 unspecified atom stereocenters. The van der Waals surface area contributed by atoms with Crippen LogP contribution in [-0.2, 0) is 17.1 Å². The first kappa shape index (κ1) is 80.2. The number of benzene rings is 4. The fourth-order valence-corrected chi connectivity index (χ4v) is 11.8. The summed E-state index contributed by atoms with van der Waals surface area (Å²) >= 11 is 72.0. The van der Waals surface area contributed by atoms with Gasteiger partial charge in [0.15, 0.2) is 23.0 Å². The third-order valence-electron chi connectivity index (χ3n) is 12.2. The van der Waals surface area contributed by atoms with Gasteiger partial charge in [0.2, 0.25) is 0 Å². The first-order valence-corrected chi connectivity index (χ1v) is 32.8. The normalized spacial score (nSPS) is 10.5. The molecule has 93 heavy (non-hydrogen) atoms. The minimum Gasteiger partial charge on any atom is -0.489 e. The number of hydrogen-bond donors (Lipinski definition) is 0. The van der Waals surface area contributed by atoms with E-state index in [0.29, 0.717) is 136 Å². The van der Waals surface area contributed by atoms with Gasteiger partial charge in [0.1, 0.15) is 51.7 Å². The minimum atomic E-state index is -0.152. The molecule has 0 spiro atoms. The van der Waals surface area contributed by atoms with Crippen LogP contribution in [0.2, 0.25) is 60.3 Å². The zero-order chi connectivity index (χ0) is 67.3. The van der Waals surface area contributed by atoms with E-state index in [0.717, 1.165) is 25.7 Å². The number of nitrogens with zero attached hydrogens (tertiary/aromatic N) is 12. The predicted molar refractivity (Wildman–Crippen MR) is 367 cm³/mol. The Morgan fingerprint density at radius 3 is 0.634 bits per heavy atom. The van der Waals surface area contributed by atoms with Crippen molar-refractivity contribution < 1.29 is 55.2 Å². The summed E-state index contributed by atoms with van der Waals surface area (Å²) in [5.74, 6) is 1.46. The molecule has 0 fully saturated rings. The molecule has 0 N–H and O–H groups in total. The average Bonchev–Trinajstić information content (AvgIpc) is 2.10. The van der Waals surface area contributed by atoms with Gasteiger partial charge in [-0.2, -0.15) is 0 Å². The summed E-state index contributed by atoms with van der Waals surface area (Å²) in [4.78, 5) is 71.6. The minimum absolute atomic E-state index is 0. The Balaban J connectivity index is 0.000000263. The van der Waals surface area contributed by atoms with Crippen LogP contribution in [-0.4, -0.2) is 161 Å². The molecule has 505 valence electrons. The van der Waals surface area contributed by atoms with Crippen molar-refractivity contribution >= 4 is 163 Å². The number of amides is 4. The largest absolute Gasteiger partial charge is 2.00 e. The second kappa shape index (κ2) is 42.4. The molecule has 4 aromatic carbocycles. The first-order chi connectivity index (χ1) is 44.1. The SMILES string of the molecule is CCCN(CCOc1c(Cl)cc(Cl)cc1Cl)C(=O)n1ccnc1.CCCN(CCOc1c(Cl)cc(Cl)cc1Cl)C(=O)n1ccnc1.CCCN(CCOc1c(Cl)cc(Cl)cc1Cl)C(=O)n1ccnc1.CCCN(CCOc1c(Cl)cc(Cl)cc1Cl)C(=O)n1ccnc1.[Cu+2]. The Morgan fingerprint density at radius 1 is 0.323 bits per heavy atom. The molecule has 20 nitrogen and oxygen atoms in total. The van der Waals surface area contributed by atoms with Crippen LogP contribution in [0.3, 0.4) is 0 Å². The van der Waals surface area contributed by atoms with Gasteiger partial charge in [-0.3, -0.25) is 18.3 Å². The van der Waals surface area contributed by atoms with Crippen molar-refractivity contribution in [2.45, 2.75) is 53.4 Å². The van der Waals surface area contributed by atoms with E-state index in [2.05, 4.69) is 19.9 Å². The Bertz CT molecular complexity index is 3030. The summed E-state index contributed by atoms with van der Waals surface area (Å²) in [6.45, 7) is 13.1. The van der Waals surface area contributed by atoms with Crippen LogP contribution in [0.15, 0.2) is 123 Å². The van der Waals surface area contributed by atoms with Gasteiger partial charge in [0.05, 0.1) is 66.4 Å². The van der Waals surface area contributed by atoms with Gasteiger partial charge in [-0.1, -0.05) is 167 Å². The molecule has 0 atom stereocenters. The molecule has 0 saturated carbocycles. The third-order valence-corrected chi connectivity index (χ3v) is 15.4. The molecule has 4 heterocycles. The van der Waals surface area contributed by atoms with E-state index < -0.39 is 0 Å². The number of halogens is 12. The van der Waals surface area contributed by atoms with Gasteiger partial charge in [0, 0.05) is 95.8 Å². The maximum Gasteiger partial charge on any atom is 2.00 e. The van der Waals surface area contributed by atoms with Crippen LogP contribution < -0.4 is 18.9 Å². The molecule has 0 saturated heterocycles. The van der Waals surface area contributed by atoms with Crippen molar-refractivity contribution in [1.82, 2.24) is 57.8 Å². The number of imidazole rings is 4. The summed E-state index contributed by atoms with van der Waals surface area (Å²) in [7, 11) is 0. The van der Waals surface area contributed by atoms with E-state index in [9.17, 15) is 19.2 Å². The van der Waals surface area contributed by atoms with Gasteiger partial charge in [-0.15, -0.1) is 0 Å². The molecule has 8 aromatic rings. The van der Waals surface area contributed by atoms with Crippen LogP contribution in [0.4, 0.5) is 19.2 Å². The van der Waals surface area contributed by atoms with Crippen molar-refractivity contribution in [3.63, 3.8) is 0 Å². The number of aromatic nitrogens is 8. The topological polar surface area (TPSA) is 189 Å². The maximum atomic E-state index is 12.3. The summed E-state index contributed by atoms with van der Waals surface area (Å²) in [6, 6.07) is 11.9. The van der Waals surface area contributed by atoms with Crippen molar-refractivity contribution in [2.24, 2.45) is 0 Å². The number of carbonyl (C=O) groups is 4. The molecule has 33 heteroatoms. The fraction of sp³-hybridized carbons (Fsp3) is 0.333. The first-order valence-electron chi connectivity index (χ1n) is 28.3. The molecule has 0 aliphatic heterocycles. The molecule has 1 radical (unpaired) electrons. The quantitative estimate of drug-likeness (QED) is 0.0521. The van der Waals surface area contributed by atoms with E-state index in [1.165, 1.54) is 43.6 Å². The van der Waals surface area contributed by atoms with Crippen molar-refractivity contribution in [2.75, 3.05) is 78.8 Å². The van der Waals surface area contributed by atoms with E-state index in [-0.39, 0.29) is 67.6 Å². The average molecular weight is 1570 g/mol. The molecule has 0 aliphatic carbocycles. The van der Waals surface area contributed by atoms with E-state index in [1.54, 1.807) is 118 Å². The summed E-state index contributed by atoms with van der Waals surface area (Å²) in [5, 5.41) is 4.47. The van der Waals surface area contributed by atoms with Gasteiger partial charge in [-0.25, -0.2) is 39.1 Å². The monoisotopic (exact) mass is 1560 g/mol. The summed E-state index contributed by atoms with van der Waals surface area (Å²) in [6.07, 6.45) is 21.9. The van der Waals surface area contributed by atoms with Crippen LogP contribution in [0.5, 0.6) is 23.0 Å². The molecule has 4 amide bonds. The van der Waals surface area contributed by atoms with Gasteiger partial charge in [-0.05, 0) is 74.2 Å². The van der Waals surface area contributed by atoms with E-state index in [1.807, 2.05) is 27.7 Å². The van der Waals surface area contributed by atoms with Crippen molar-refractivity contribution in [3.8, 4) is 23.0 Å². The summed E-state index contributed by atoms with van der Waals surface area (Å²) < 4.78 is 28.2. The second-order valence-corrected chi connectivity index (χ2v) is 24.1. The Morgan fingerprint density at radius 2 is 0.495 bits per heavy atom. The smallest absolute Gasteiger partial charge is 0.489 e. The fourth-order valence-electron chi connectivity index (χ4n) is 8.13. The third kappa shape index (κ3) is 26.0. The van der Waals surface area contributed by atoms with Crippen LogP contribution in [0.25, 0.3) is 0 Å². The van der Waals surface area contributed by atoms with Gasteiger partial charge in [0.25, 0.3) is 0 Å². The van der Waals surface area contributed by atoms with Gasteiger partial charge < -0.3 is 38.5 Å². The maximum absolute atomic E-state index is 12.3. The number of ether oxygens (including phenoxy) is 4.